The van der Waals surface area contributed by atoms with Crippen molar-refractivity contribution in [3.63, 3.8) is 0 Å². The second kappa shape index (κ2) is 9.48. The number of aromatic nitrogens is 1. The van der Waals surface area contributed by atoms with Gasteiger partial charge >= 0.3 is 4.87 Å². The van der Waals surface area contributed by atoms with Crippen molar-refractivity contribution < 1.29 is 14.4 Å². The summed E-state index contributed by atoms with van der Waals surface area (Å²) < 4.78 is 1.52. The number of anilines is 1. The highest BCUT2D eigenvalue weighted by atomic mass is 35.5. The van der Waals surface area contributed by atoms with E-state index in [9.17, 15) is 19.2 Å². The number of fused-ring (bicyclic) bond motifs is 2. The zero-order valence-corrected chi connectivity index (χ0v) is 22.3. The molecule has 7 nitrogen and oxygen atoms in total. The standard InChI is InChI=1S/C25H22ClN3O4S3/c26-14-6-8-15(9-7-14)29-22(31)19-18(16-5-4-12-34-16)21-24(35-20(19)23(29)32)28(25(33)36-21)13-17(30)27-10-2-1-3-11-27/h4-9,12,18-20H,1-3,10-11,13H2/t18-,19?,20?/m0/s1. The molecular formula is C25H22ClN3O4S3. The fourth-order valence-electron chi connectivity index (χ4n) is 5.25. The second-order valence-electron chi connectivity index (χ2n) is 9.11. The minimum Gasteiger partial charge on any atom is -0.341 e. The van der Waals surface area contributed by atoms with Crippen LogP contribution in [0.3, 0.4) is 0 Å². The number of halogens is 1. The first kappa shape index (κ1) is 24.0. The molecule has 2 saturated heterocycles. The molecule has 0 radical (unpaired) electrons. The van der Waals surface area contributed by atoms with E-state index >= 15 is 0 Å². The van der Waals surface area contributed by atoms with Crippen molar-refractivity contribution in [3.8, 4) is 0 Å². The number of carbonyl (C=O) groups is 3. The first-order chi connectivity index (χ1) is 17.4. The lowest BCUT2D eigenvalue weighted by atomic mass is 9.87. The highest BCUT2D eigenvalue weighted by Gasteiger charge is 2.57. The summed E-state index contributed by atoms with van der Waals surface area (Å²) in [6.45, 7) is 1.37. The Hall–Kier alpha value is -2.40. The molecule has 2 fully saturated rings. The summed E-state index contributed by atoms with van der Waals surface area (Å²) in [5.41, 5.74) is 0.482. The molecule has 1 aromatic carbocycles. The average molecular weight is 560 g/mol. The summed E-state index contributed by atoms with van der Waals surface area (Å²) in [4.78, 5) is 58.1. The minimum absolute atomic E-state index is 0.0464. The molecule has 0 spiro atoms. The van der Waals surface area contributed by atoms with Gasteiger partial charge in [-0.3, -0.25) is 23.7 Å². The van der Waals surface area contributed by atoms with Crippen LogP contribution in [0.2, 0.25) is 5.02 Å². The molecule has 3 atom stereocenters. The summed E-state index contributed by atoms with van der Waals surface area (Å²) >= 11 is 9.87. The quantitative estimate of drug-likeness (QED) is 0.442. The van der Waals surface area contributed by atoms with Crippen LogP contribution >= 0.6 is 46.0 Å². The Morgan fingerprint density at radius 3 is 2.44 bits per heavy atom. The average Bonchev–Trinajstić information content (AvgIpc) is 3.58. The Bertz CT molecular complexity index is 1390. The summed E-state index contributed by atoms with van der Waals surface area (Å²) in [6.07, 6.45) is 3.05. The fourth-order valence-corrected chi connectivity index (χ4v) is 9.10. The highest BCUT2D eigenvalue weighted by Crippen LogP contribution is 2.54. The lowest BCUT2D eigenvalue weighted by Crippen LogP contribution is -2.39. The van der Waals surface area contributed by atoms with Crippen molar-refractivity contribution in [1.82, 2.24) is 9.47 Å². The van der Waals surface area contributed by atoms with Crippen LogP contribution in [0.1, 0.15) is 34.9 Å². The zero-order valence-electron chi connectivity index (χ0n) is 19.1. The number of thiophene rings is 1. The minimum atomic E-state index is -0.682. The Labute approximate surface area is 224 Å². The molecule has 3 amide bonds. The Kier molecular flexibility index (Phi) is 6.31. The molecule has 186 valence electrons. The number of rotatable bonds is 4. The largest absolute Gasteiger partial charge is 0.341 e. The third kappa shape index (κ3) is 3.95. The fraction of sp³-hybridized carbons (Fsp3) is 0.360. The van der Waals surface area contributed by atoms with Gasteiger partial charge < -0.3 is 4.90 Å². The lowest BCUT2D eigenvalue weighted by Gasteiger charge is -2.30. The van der Waals surface area contributed by atoms with Crippen molar-refractivity contribution in [2.24, 2.45) is 5.92 Å². The van der Waals surface area contributed by atoms with E-state index in [0.29, 0.717) is 28.8 Å². The molecule has 6 rings (SSSR count). The summed E-state index contributed by atoms with van der Waals surface area (Å²) in [5, 5.41) is 2.40. The molecule has 36 heavy (non-hydrogen) atoms. The number of likely N-dealkylation sites (tertiary alicyclic amines) is 1. The second-order valence-corrected chi connectivity index (χ2v) is 12.6. The number of amides is 3. The van der Waals surface area contributed by atoms with E-state index in [2.05, 4.69) is 0 Å². The highest BCUT2D eigenvalue weighted by molar-refractivity contribution is 8.00. The molecule has 5 heterocycles. The Morgan fingerprint density at radius 2 is 1.75 bits per heavy atom. The molecule has 3 aliphatic heterocycles. The van der Waals surface area contributed by atoms with Crippen LogP contribution in [0.15, 0.2) is 51.6 Å². The number of imide groups is 1. The first-order valence-corrected chi connectivity index (χ1v) is 14.7. The van der Waals surface area contributed by atoms with Gasteiger partial charge in [-0.25, -0.2) is 4.90 Å². The first-order valence-electron chi connectivity index (χ1n) is 11.8. The van der Waals surface area contributed by atoms with E-state index in [1.165, 1.54) is 32.6 Å². The van der Waals surface area contributed by atoms with Gasteiger partial charge in [-0.15, -0.1) is 11.3 Å². The number of benzene rings is 1. The van der Waals surface area contributed by atoms with Gasteiger partial charge in [-0.2, -0.15) is 0 Å². The van der Waals surface area contributed by atoms with E-state index in [1.807, 2.05) is 22.4 Å². The van der Waals surface area contributed by atoms with E-state index < -0.39 is 17.1 Å². The third-order valence-electron chi connectivity index (χ3n) is 6.99. The van der Waals surface area contributed by atoms with Gasteiger partial charge in [0, 0.05) is 33.8 Å². The van der Waals surface area contributed by atoms with Crippen molar-refractivity contribution in [2.75, 3.05) is 18.0 Å². The van der Waals surface area contributed by atoms with Gasteiger partial charge in [0.1, 0.15) is 11.8 Å². The molecule has 11 heteroatoms. The predicted octanol–water partition coefficient (Wildman–Crippen LogP) is 4.43. The smallest absolute Gasteiger partial charge is 0.308 e. The van der Waals surface area contributed by atoms with Gasteiger partial charge in [0.15, 0.2) is 0 Å². The van der Waals surface area contributed by atoms with Crippen molar-refractivity contribution in [1.29, 1.82) is 0 Å². The maximum Gasteiger partial charge on any atom is 0.308 e. The van der Waals surface area contributed by atoms with Crippen LogP contribution in [0.25, 0.3) is 0 Å². The van der Waals surface area contributed by atoms with Crippen LogP contribution in [-0.2, 0) is 20.9 Å². The molecule has 0 aliphatic carbocycles. The van der Waals surface area contributed by atoms with Crippen LogP contribution in [0, 0.1) is 5.92 Å². The van der Waals surface area contributed by atoms with Gasteiger partial charge in [0.2, 0.25) is 17.7 Å². The van der Waals surface area contributed by atoms with E-state index in [0.717, 1.165) is 40.4 Å². The molecule has 0 bridgehead atoms. The normalized spacial score (nSPS) is 23.6. The third-order valence-corrected chi connectivity index (χ3v) is 10.8. The summed E-state index contributed by atoms with van der Waals surface area (Å²) in [7, 11) is 0. The maximum atomic E-state index is 13.7. The van der Waals surface area contributed by atoms with Gasteiger partial charge in [0.25, 0.3) is 0 Å². The molecule has 0 N–H and O–H groups in total. The van der Waals surface area contributed by atoms with Crippen LogP contribution in [-0.4, -0.2) is 45.5 Å². The van der Waals surface area contributed by atoms with Gasteiger partial charge in [-0.1, -0.05) is 40.8 Å². The van der Waals surface area contributed by atoms with E-state index in [1.54, 1.807) is 24.3 Å². The number of thioether (sulfide) groups is 1. The molecule has 3 aliphatic rings. The zero-order chi connectivity index (χ0) is 25.0. The summed E-state index contributed by atoms with van der Waals surface area (Å²) in [6, 6.07) is 10.5. The van der Waals surface area contributed by atoms with Crippen molar-refractivity contribution in [2.45, 2.75) is 42.0 Å². The monoisotopic (exact) mass is 559 g/mol. The number of carbonyl (C=O) groups excluding carboxylic acids is 3. The van der Waals surface area contributed by atoms with Crippen LogP contribution in [0.5, 0.6) is 0 Å². The molecule has 3 aromatic rings. The Balaban J connectivity index is 1.41. The van der Waals surface area contributed by atoms with Gasteiger partial charge in [-0.05, 0) is 55.0 Å². The van der Waals surface area contributed by atoms with Crippen molar-refractivity contribution >= 4 is 69.4 Å². The number of hydrogen-bond donors (Lipinski definition) is 0. The van der Waals surface area contributed by atoms with E-state index in [-0.39, 0.29) is 29.1 Å². The van der Waals surface area contributed by atoms with E-state index in [4.69, 9.17) is 11.6 Å². The molecular weight excluding hydrogens is 538 g/mol. The van der Waals surface area contributed by atoms with Gasteiger partial charge in [0.05, 0.1) is 16.6 Å². The number of piperidine rings is 1. The molecule has 2 unspecified atom stereocenters. The van der Waals surface area contributed by atoms with Crippen LogP contribution < -0.4 is 9.77 Å². The van der Waals surface area contributed by atoms with Crippen molar-refractivity contribution in [3.05, 3.63) is 66.2 Å². The summed E-state index contributed by atoms with van der Waals surface area (Å²) in [5.74, 6) is -1.71. The lowest BCUT2D eigenvalue weighted by molar-refractivity contribution is -0.133. The molecule has 2 aromatic heterocycles. The number of nitrogens with zero attached hydrogens (tertiary/aromatic N) is 3. The van der Waals surface area contributed by atoms with Crippen LogP contribution in [0.4, 0.5) is 5.69 Å². The molecule has 0 saturated carbocycles. The number of hydrogen-bond acceptors (Lipinski definition) is 7. The topological polar surface area (TPSA) is 79.7 Å². The predicted molar refractivity (Wildman–Crippen MR) is 142 cm³/mol. The Morgan fingerprint density at radius 1 is 1.00 bits per heavy atom. The maximum absolute atomic E-state index is 13.7. The number of thiazole rings is 1. The SMILES string of the molecule is O=C(Cn1c2c(sc1=O)[C@@H](c1cccs1)C1C(=O)N(c3ccc(Cl)cc3)C(=O)C1S2)N1CCCCC1.